The van der Waals surface area contributed by atoms with E-state index in [0.717, 1.165) is 40.8 Å². The molecule has 0 saturated carbocycles. The van der Waals surface area contributed by atoms with Crippen molar-refractivity contribution in [1.82, 2.24) is 9.97 Å². The summed E-state index contributed by atoms with van der Waals surface area (Å²) in [7, 11) is 0. The molecule has 34 heavy (non-hydrogen) atoms. The van der Waals surface area contributed by atoms with Gasteiger partial charge >= 0.3 is 0 Å². The highest BCUT2D eigenvalue weighted by molar-refractivity contribution is 6.04. The van der Waals surface area contributed by atoms with Crippen LogP contribution < -0.4 is 5.32 Å². The van der Waals surface area contributed by atoms with Crippen molar-refractivity contribution in [3.8, 4) is 11.1 Å². The molecule has 0 bridgehead atoms. The standard InChI is InChI=1S/C27H30FN3O3/c1-5-6-23-22(27(33)15-34-16-27)11-19(14-30-23)21-13-20(8-7-17(21)2)31-25(32)18-9-10-29-24(12-18)26(3,4)28/h7-14,33H,5-6,15-16H2,1-4H3,(H,31,32). The number of aromatic nitrogens is 2. The number of anilines is 1. The van der Waals surface area contributed by atoms with Crippen LogP contribution in [-0.2, 0) is 22.4 Å². The van der Waals surface area contributed by atoms with Gasteiger partial charge in [-0.1, -0.05) is 19.4 Å². The van der Waals surface area contributed by atoms with E-state index >= 15 is 0 Å². The van der Waals surface area contributed by atoms with Crippen LogP contribution in [0.1, 0.15) is 60.1 Å². The second-order valence-corrected chi connectivity index (χ2v) is 9.38. The van der Waals surface area contributed by atoms with Crippen LogP contribution in [0.5, 0.6) is 0 Å². The van der Waals surface area contributed by atoms with Gasteiger partial charge in [-0.15, -0.1) is 0 Å². The van der Waals surface area contributed by atoms with Crippen molar-refractivity contribution in [2.75, 3.05) is 18.5 Å². The Morgan fingerprint density at radius 3 is 2.62 bits per heavy atom. The topological polar surface area (TPSA) is 84.3 Å². The summed E-state index contributed by atoms with van der Waals surface area (Å²) in [5.74, 6) is -0.347. The van der Waals surface area contributed by atoms with E-state index in [4.69, 9.17) is 4.74 Å². The smallest absolute Gasteiger partial charge is 0.255 e. The number of nitrogens with one attached hydrogen (secondary N) is 1. The Labute approximate surface area is 199 Å². The minimum Gasteiger partial charge on any atom is -0.380 e. The summed E-state index contributed by atoms with van der Waals surface area (Å²) >= 11 is 0. The molecule has 178 valence electrons. The van der Waals surface area contributed by atoms with Gasteiger partial charge in [-0.2, -0.15) is 0 Å². The van der Waals surface area contributed by atoms with Gasteiger partial charge in [0.05, 0.1) is 18.9 Å². The van der Waals surface area contributed by atoms with Gasteiger partial charge in [0.25, 0.3) is 5.91 Å². The van der Waals surface area contributed by atoms with Crippen LogP contribution >= 0.6 is 0 Å². The molecule has 1 aliphatic rings. The average Bonchev–Trinajstić information content (AvgIpc) is 2.79. The van der Waals surface area contributed by atoms with Crippen molar-refractivity contribution in [3.05, 3.63) is 76.9 Å². The van der Waals surface area contributed by atoms with Gasteiger partial charge in [0.15, 0.2) is 0 Å². The highest BCUT2D eigenvalue weighted by Crippen LogP contribution is 2.35. The van der Waals surface area contributed by atoms with Gasteiger partial charge in [-0.05, 0) is 68.7 Å². The number of amides is 1. The van der Waals surface area contributed by atoms with Gasteiger partial charge in [0.1, 0.15) is 11.3 Å². The molecule has 0 unspecified atom stereocenters. The maximum Gasteiger partial charge on any atom is 0.255 e. The molecule has 1 saturated heterocycles. The maximum atomic E-state index is 14.3. The summed E-state index contributed by atoms with van der Waals surface area (Å²) in [6, 6.07) is 10.6. The Bertz CT molecular complexity index is 1220. The number of ether oxygens (including phenoxy) is 1. The predicted octanol–water partition coefficient (Wildman–Crippen LogP) is 5.08. The van der Waals surface area contributed by atoms with Crippen LogP contribution in [0.25, 0.3) is 11.1 Å². The molecular weight excluding hydrogens is 433 g/mol. The average molecular weight is 464 g/mol. The van der Waals surface area contributed by atoms with Crippen LogP contribution in [0.4, 0.5) is 10.1 Å². The predicted molar refractivity (Wildman–Crippen MR) is 129 cm³/mol. The number of alkyl halides is 1. The first-order valence-electron chi connectivity index (χ1n) is 11.5. The molecule has 3 aromatic rings. The number of nitrogens with zero attached hydrogens (tertiary/aromatic N) is 2. The number of carbonyl (C=O) groups excluding carboxylic acids is 1. The van der Waals surface area contributed by atoms with Crippen LogP contribution in [0.2, 0.25) is 0 Å². The van der Waals surface area contributed by atoms with E-state index < -0.39 is 11.3 Å². The molecule has 6 nitrogen and oxygen atoms in total. The largest absolute Gasteiger partial charge is 0.380 e. The molecule has 3 heterocycles. The maximum absolute atomic E-state index is 14.3. The van der Waals surface area contributed by atoms with Crippen LogP contribution in [0.15, 0.2) is 48.8 Å². The third kappa shape index (κ3) is 4.86. The zero-order chi connectivity index (χ0) is 24.5. The second-order valence-electron chi connectivity index (χ2n) is 9.38. The first-order chi connectivity index (χ1) is 16.1. The van der Waals surface area contributed by atoms with Crippen molar-refractivity contribution >= 4 is 11.6 Å². The van der Waals surface area contributed by atoms with Gasteiger partial charge in [0.2, 0.25) is 0 Å². The summed E-state index contributed by atoms with van der Waals surface area (Å²) in [5, 5.41) is 13.8. The van der Waals surface area contributed by atoms with Gasteiger partial charge < -0.3 is 15.2 Å². The monoisotopic (exact) mass is 463 g/mol. The molecule has 0 radical (unpaired) electrons. The molecule has 7 heteroatoms. The fourth-order valence-corrected chi connectivity index (χ4v) is 4.04. The van der Waals surface area contributed by atoms with E-state index in [9.17, 15) is 14.3 Å². The molecule has 4 rings (SSSR count). The lowest BCUT2D eigenvalue weighted by Crippen LogP contribution is -2.47. The molecule has 2 N–H and O–H groups in total. The SMILES string of the molecule is CCCc1ncc(-c2cc(NC(=O)c3ccnc(C(C)(C)F)c3)ccc2C)cc1C1(O)COC1. The molecule has 1 amide bonds. The zero-order valence-corrected chi connectivity index (χ0v) is 20.0. The number of hydrogen-bond donors (Lipinski definition) is 2. The Kier molecular flexibility index (Phi) is 6.51. The number of pyridine rings is 2. The van der Waals surface area contributed by atoms with E-state index in [1.807, 2.05) is 37.4 Å². The first-order valence-corrected chi connectivity index (χ1v) is 11.5. The van der Waals surface area contributed by atoms with E-state index in [1.165, 1.54) is 26.1 Å². The Balaban J connectivity index is 1.64. The van der Waals surface area contributed by atoms with Crippen LogP contribution in [-0.4, -0.2) is 34.2 Å². The van der Waals surface area contributed by atoms with Crippen LogP contribution in [0, 0.1) is 6.92 Å². The van der Waals surface area contributed by atoms with E-state index in [2.05, 4.69) is 22.2 Å². The molecule has 0 spiro atoms. The Morgan fingerprint density at radius 2 is 1.97 bits per heavy atom. The first kappa shape index (κ1) is 24.0. The highest BCUT2D eigenvalue weighted by Gasteiger charge is 2.40. The lowest BCUT2D eigenvalue weighted by atomic mass is 9.87. The number of aliphatic hydroxyl groups is 1. The minimum atomic E-state index is -1.64. The number of halogens is 1. The number of carbonyl (C=O) groups is 1. The fourth-order valence-electron chi connectivity index (χ4n) is 4.04. The van der Waals surface area contributed by atoms with Gasteiger partial charge in [-0.3, -0.25) is 14.8 Å². The van der Waals surface area contributed by atoms with E-state index in [-0.39, 0.29) is 24.8 Å². The number of aryl methyl sites for hydroxylation is 2. The van der Waals surface area contributed by atoms with Crippen molar-refractivity contribution in [3.63, 3.8) is 0 Å². The number of rotatable bonds is 7. The number of hydrogen-bond acceptors (Lipinski definition) is 5. The lowest BCUT2D eigenvalue weighted by Gasteiger charge is -2.38. The third-order valence-electron chi connectivity index (χ3n) is 6.08. The summed E-state index contributed by atoms with van der Waals surface area (Å²) in [6.45, 7) is 7.39. The number of benzene rings is 1. The second kappa shape index (κ2) is 9.24. The molecule has 0 atom stereocenters. The van der Waals surface area contributed by atoms with Gasteiger partial charge in [0, 0.05) is 40.5 Å². The summed E-state index contributed by atoms with van der Waals surface area (Å²) in [5.41, 5.74) is 2.92. The van der Waals surface area contributed by atoms with E-state index in [1.54, 1.807) is 6.07 Å². The summed E-state index contributed by atoms with van der Waals surface area (Å²) in [4.78, 5) is 21.5. The van der Waals surface area contributed by atoms with Crippen LogP contribution in [0.3, 0.4) is 0 Å². The van der Waals surface area contributed by atoms with Crippen molar-refractivity contribution in [2.45, 2.75) is 51.8 Å². The molecule has 1 fully saturated rings. The van der Waals surface area contributed by atoms with Gasteiger partial charge in [-0.25, -0.2) is 4.39 Å². The van der Waals surface area contributed by atoms with Crippen molar-refractivity contribution in [2.24, 2.45) is 0 Å². The minimum absolute atomic E-state index is 0.202. The Morgan fingerprint density at radius 1 is 1.21 bits per heavy atom. The fraction of sp³-hybridized carbons (Fsp3) is 0.370. The highest BCUT2D eigenvalue weighted by atomic mass is 19.1. The Hall–Kier alpha value is -3.16. The van der Waals surface area contributed by atoms with E-state index in [0.29, 0.717) is 11.3 Å². The summed E-state index contributed by atoms with van der Waals surface area (Å²) < 4.78 is 19.5. The lowest BCUT2D eigenvalue weighted by molar-refractivity contribution is -0.185. The quantitative estimate of drug-likeness (QED) is 0.511. The summed E-state index contributed by atoms with van der Waals surface area (Å²) in [6.07, 6.45) is 4.94. The normalized spacial score (nSPS) is 15.0. The molecule has 1 aliphatic heterocycles. The molecular formula is C27H30FN3O3. The van der Waals surface area contributed by atoms with Crippen molar-refractivity contribution < 1.29 is 19.0 Å². The zero-order valence-electron chi connectivity index (χ0n) is 20.0. The molecule has 0 aliphatic carbocycles. The molecule has 1 aromatic carbocycles. The third-order valence-corrected chi connectivity index (χ3v) is 6.08. The van der Waals surface area contributed by atoms with Crippen molar-refractivity contribution in [1.29, 1.82) is 0 Å². The molecule has 2 aromatic heterocycles.